The van der Waals surface area contributed by atoms with Gasteiger partial charge in [0, 0.05) is 11.6 Å². The van der Waals surface area contributed by atoms with Gasteiger partial charge in [-0.05, 0) is 36.4 Å². The third-order valence-electron chi connectivity index (χ3n) is 5.76. The highest BCUT2D eigenvalue weighted by molar-refractivity contribution is 5.66. The molecule has 0 spiro atoms. The van der Waals surface area contributed by atoms with Crippen molar-refractivity contribution in [2.75, 3.05) is 0 Å². The third-order valence-corrected chi connectivity index (χ3v) is 5.76. The van der Waals surface area contributed by atoms with Crippen LogP contribution in [0.3, 0.4) is 0 Å². The Morgan fingerprint density at radius 1 is 0.846 bits per heavy atom. The van der Waals surface area contributed by atoms with Crippen LogP contribution < -0.4 is 4.73 Å². The molecule has 3 heterocycles. The number of imidazole rings is 1. The fourth-order valence-corrected chi connectivity index (χ4v) is 3.93. The van der Waals surface area contributed by atoms with Crippen molar-refractivity contribution >= 4 is 0 Å². The van der Waals surface area contributed by atoms with Crippen molar-refractivity contribution in [2.24, 2.45) is 0 Å². The fraction of sp³-hybridized carbons (Fsp3) is 0.120. The third kappa shape index (κ3) is 5.09. The Labute approximate surface area is 213 Å². The molecule has 0 atom stereocenters. The lowest BCUT2D eigenvalue weighted by atomic mass is 9.99. The molecule has 2 aliphatic heterocycles. The molecule has 0 unspecified atom stereocenters. The molecule has 5 rings (SSSR count). The summed E-state index contributed by atoms with van der Waals surface area (Å²) in [4.78, 5) is 8.32. The Morgan fingerprint density at radius 3 is 2.28 bits per heavy atom. The van der Waals surface area contributed by atoms with Gasteiger partial charge in [-0.3, -0.25) is 4.68 Å². The summed E-state index contributed by atoms with van der Waals surface area (Å²) in [5.74, 6) is -2.25. The van der Waals surface area contributed by atoms with Crippen LogP contribution in [0.25, 0.3) is 34.0 Å². The predicted molar refractivity (Wildman–Crippen MR) is 120 cm³/mol. The molecular weight excluding hydrogens is 538 g/mol. The summed E-state index contributed by atoms with van der Waals surface area (Å²) in [5.41, 5.74) is -3.62. The minimum Gasteiger partial charge on any atom is -0.618 e. The lowest BCUT2D eigenvalue weighted by Gasteiger charge is -2.16. The summed E-state index contributed by atoms with van der Waals surface area (Å²) in [6.07, 6.45) is -6.45. The van der Waals surface area contributed by atoms with E-state index in [2.05, 4.69) is 15.1 Å². The molecule has 0 N–H and O–H groups in total. The molecule has 2 aromatic carbocycles. The van der Waals surface area contributed by atoms with Crippen LogP contribution in [0.1, 0.15) is 16.7 Å². The minimum absolute atomic E-state index is 0.0386. The Hall–Kier alpha value is -4.62. The van der Waals surface area contributed by atoms with E-state index in [9.17, 15) is 40.3 Å². The highest BCUT2D eigenvalue weighted by Crippen LogP contribution is 2.40. The van der Waals surface area contributed by atoms with Crippen molar-refractivity contribution in [2.45, 2.75) is 18.9 Å². The molecule has 200 valence electrons. The number of fused-ring (bicyclic) bond motifs is 1. The zero-order valence-electron chi connectivity index (χ0n) is 19.2. The SMILES string of the molecule is [O-][n+]1cc(Cn2cc3nc(-c4cccc(F)c4F)nc-3cn2)ccc1-c1ccc(C(F)(F)F)cc1C(F)(F)F. The number of alkyl halides is 6. The molecule has 1 aromatic heterocycles. The van der Waals surface area contributed by atoms with Crippen LogP contribution in [0.15, 0.2) is 67.1 Å². The van der Waals surface area contributed by atoms with Gasteiger partial charge in [-0.15, -0.1) is 0 Å². The summed E-state index contributed by atoms with van der Waals surface area (Å²) in [7, 11) is 0. The van der Waals surface area contributed by atoms with Crippen molar-refractivity contribution in [3.8, 4) is 34.0 Å². The smallest absolute Gasteiger partial charge is 0.417 e. The summed E-state index contributed by atoms with van der Waals surface area (Å²) in [6, 6.07) is 6.98. The highest BCUT2D eigenvalue weighted by atomic mass is 19.4. The number of rotatable bonds is 4. The maximum atomic E-state index is 14.1. The molecule has 6 nitrogen and oxygen atoms in total. The summed E-state index contributed by atoms with van der Waals surface area (Å²) in [6.45, 7) is -0.0475. The maximum absolute atomic E-state index is 14.1. The van der Waals surface area contributed by atoms with Gasteiger partial charge < -0.3 is 5.21 Å². The fourth-order valence-electron chi connectivity index (χ4n) is 3.93. The molecule has 2 aliphatic rings. The Kier molecular flexibility index (Phi) is 6.19. The zero-order chi connectivity index (χ0) is 28.1. The normalized spacial score (nSPS) is 12.3. The van der Waals surface area contributed by atoms with Crippen LogP contribution in [0.2, 0.25) is 0 Å². The van der Waals surface area contributed by atoms with Gasteiger partial charge in [-0.25, -0.2) is 18.7 Å². The Morgan fingerprint density at radius 2 is 1.59 bits per heavy atom. The van der Waals surface area contributed by atoms with E-state index < -0.39 is 46.4 Å². The Balaban J connectivity index is 1.45. The number of aromatic nitrogens is 5. The number of hydrogen-bond acceptors (Lipinski definition) is 4. The molecule has 0 aliphatic carbocycles. The van der Waals surface area contributed by atoms with Crippen molar-refractivity contribution < 1.29 is 39.9 Å². The van der Waals surface area contributed by atoms with Crippen LogP contribution in [0.5, 0.6) is 0 Å². The van der Waals surface area contributed by atoms with Crippen LogP contribution in [0.4, 0.5) is 35.1 Å². The molecule has 0 radical (unpaired) electrons. The lowest BCUT2D eigenvalue weighted by molar-refractivity contribution is -0.594. The first-order valence-corrected chi connectivity index (χ1v) is 11.0. The van der Waals surface area contributed by atoms with Gasteiger partial charge in [-0.2, -0.15) is 36.2 Å². The first-order chi connectivity index (χ1) is 18.3. The zero-order valence-corrected chi connectivity index (χ0v) is 19.2. The molecule has 0 saturated heterocycles. The van der Waals surface area contributed by atoms with E-state index >= 15 is 0 Å². The van der Waals surface area contributed by atoms with Crippen molar-refractivity contribution in [3.05, 3.63) is 101 Å². The van der Waals surface area contributed by atoms with Gasteiger partial charge >= 0.3 is 12.4 Å². The average molecular weight is 551 g/mol. The summed E-state index contributed by atoms with van der Waals surface area (Å²) >= 11 is 0. The first-order valence-electron chi connectivity index (χ1n) is 11.0. The molecule has 0 saturated carbocycles. The van der Waals surface area contributed by atoms with E-state index in [0.717, 1.165) is 18.3 Å². The number of pyridine rings is 1. The number of nitrogens with zero attached hydrogens (tertiary/aromatic N) is 5. The lowest BCUT2D eigenvalue weighted by Crippen LogP contribution is -2.30. The largest absolute Gasteiger partial charge is 0.618 e. The van der Waals surface area contributed by atoms with Crippen LogP contribution in [-0.2, 0) is 18.9 Å². The van der Waals surface area contributed by atoms with Gasteiger partial charge in [0.25, 0.3) is 0 Å². The molecule has 0 fully saturated rings. The Bertz CT molecular complexity index is 1660. The van der Waals surface area contributed by atoms with E-state index in [1.54, 1.807) is 0 Å². The average Bonchev–Trinajstić information content (AvgIpc) is 3.27. The van der Waals surface area contributed by atoms with Crippen molar-refractivity contribution in [1.82, 2.24) is 19.7 Å². The second kappa shape index (κ2) is 9.29. The number of hydrogen-bond donors (Lipinski definition) is 0. The van der Waals surface area contributed by atoms with Gasteiger partial charge in [0.1, 0.15) is 11.4 Å². The molecule has 14 heteroatoms. The maximum Gasteiger partial charge on any atom is 0.417 e. The van der Waals surface area contributed by atoms with Crippen LogP contribution in [0, 0.1) is 16.8 Å². The minimum atomic E-state index is -5.15. The number of benzene rings is 2. The monoisotopic (exact) mass is 551 g/mol. The van der Waals surface area contributed by atoms with Gasteiger partial charge in [0.2, 0.25) is 5.69 Å². The molecule has 0 bridgehead atoms. The van der Waals surface area contributed by atoms with Crippen molar-refractivity contribution in [3.63, 3.8) is 0 Å². The first kappa shape index (κ1) is 26.0. The standard InChI is InChI=1S/C25H13F8N5O/c26-18-3-1-2-16(22(18)27)23-35-19-9-34-37(12-20(19)36-23)10-13-4-7-21(38(39)11-13)15-6-5-14(24(28,29)30)8-17(15)25(31,32)33/h1-9,11-12H,10H2. The van der Waals surface area contributed by atoms with Gasteiger partial charge in [-0.1, -0.05) is 6.07 Å². The van der Waals surface area contributed by atoms with E-state index in [1.165, 1.54) is 35.3 Å². The van der Waals surface area contributed by atoms with Crippen LogP contribution in [-0.4, -0.2) is 19.7 Å². The molecule has 39 heavy (non-hydrogen) atoms. The molecule has 3 aromatic rings. The molecular formula is C25H13F8N5O. The topological polar surface area (TPSA) is 70.5 Å². The van der Waals surface area contributed by atoms with E-state index in [-0.39, 0.29) is 40.1 Å². The van der Waals surface area contributed by atoms with Gasteiger partial charge in [0.05, 0.1) is 41.2 Å². The second-order valence-corrected chi connectivity index (χ2v) is 8.39. The summed E-state index contributed by atoms with van der Waals surface area (Å²) < 4.78 is 109. The van der Waals surface area contributed by atoms with Crippen molar-refractivity contribution in [1.29, 1.82) is 0 Å². The predicted octanol–water partition coefficient (Wildman–Crippen LogP) is 6.11. The highest BCUT2D eigenvalue weighted by Gasteiger charge is 2.39. The molecule has 0 amide bonds. The quantitative estimate of drug-likeness (QED) is 0.154. The summed E-state index contributed by atoms with van der Waals surface area (Å²) in [5, 5.41) is 16.8. The van der Waals surface area contributed by atoms with E-state index in [1.807, 2.05) is 0 Å². The van der Waals surface area contributed by atoms with Crippen LogP contribution >= 0.6 is 0 Å². The van der Waals surface area contributed by atoms with E-state index in [0.29, 0.717) is 17.7 Å². The van der Waals surface area contributed by atoms with Gasteiger partial charge in [0.15, 0.2) is 23.7 Å². The van der Waals surface area contributed by atoms with E-state index in [4.69, 9.17) is 0 Å². The second-order valence-electron chi connectivity index (χ2n) is 8.39. The number of halogens is 8.